The molecule has 0 saturated carbocycles. The van der Waals surface area contributed by atoms with Crippen LogP contribution in [0.2, 0.25) is 0 Å². The van der Waals surface area contributed by atoms with Crippen molar-refractivity contribution in [1.29, 1.82) is 0 Å². The van der Waals surface area contributed by atoms with Gasteiger partial charge in [0.25, 0.3) is 0 Å². The van der Waals surface area contributed by atoms with Crippen LogP contribution in [0.25, 0.3) is 11.3 Å². The molecule has 7 heteroatoms. The van der Waals surface area contributed by atoms with Crippen LogP contribution in [0.1, 0.15) is 20.3 Å². The van der Waals surface area contributed by atoms with Gasteiger partial charge in [-0.05, 0) is 6.92 Å². The summed E-state index contributed by atoms with van der Waals surface area (Å²) in [5, 5.41) is 14.9. The van der Waals surface area contributed by atoms with Crippen LogP contribution in [-0.4, -0.2) is 34.1 Å². The van der Waals surface area contributed by atoms with Crippen molar-refractivity contribution in [2.75, 3.05) is 26.5 Å². The molecule has 0 fully saturated rings. The number of benzene rings is 1. The number of hydrogen-bond donors (Lipinski definition) is 2. The van der Waals surface area contributed by atoms with Gasteiger partial charge in [-0.25, -0.2) is 0 Å². The van der Waals surface area contributed by atoms with Gasteiger partial charge in [-0.3, -0.25) is 4.79 Å². The van der Waals surface area contributed by atoms with Gasteiger partial charge in [0, 0.05) is 0 Å². The van der Waals surface area contributed by atoms with Crippen LogP contribution in [-0.2, 0) is 4.79 Å². The molecular weight excluding hydrogens is 473 g/mol. The third-order valence-electron chi connectivity index (χ3n) is 3.87. The number of allylic oxidation sites excluding steroid dienone is 1. The number of alkyl halides is 1. The fourth-order valence-corrected chi connectivity index (χ4v) is 4.71. The van der Waals surface area contributed by atoms with Crippen molar-refractivity contribution in [3.63, 3.8) is 0 Å². The van der Waals surface area contributed by atoms with Crippen molar-refractivity contribution in [2.24, 2.45) is 0 Å². The molecule has 0 saturated heterocycles. The Bertz CT molecular complexity index is 796. The van der Waals surface area contributed by atoms with Crippen LogP contribution in [0.4, 0.5) is 10.8 Å². The number of anilines is 2. The van der Waals surface area contributed by atoms with Crippen LogP contribution < -0.4 is 29.9 Å². The molecule has 0 atom stereocenters. The van der Waals surface area contributed by atoms with Crippen molar-refractivity contribution in [1.82, 2.24) is 4.98 Å². The Morgan fingerprint density at radius 1 is 1.37 bits per heavy atom. The van der Waals surface area contributed by atoms with Crippen molar-refractivity contribution in [3.8, 4) is 11.3 Å². The minimum atomic E-state index is -0.826. The molecule has 27 heavy (non-hydrogen) atoms. The Morgan fingerprint density at radius 3 is 2.70 bits per heavy atom. The summed E-state index contributed by atoms with van der Waals surface area (Å²) in [4.78, 5) is 17.5. The topological polar surface area (TPSA) is 65.5 Å². The van der Waals surface area contributed by atoms with Gasteiger partial charge in [0.1, 0.15) is 0 Å². The molecule has 2 aromatic rings. The van der Waals surface area contributed by atoms with Gasteiger partial charge in [-0.15, -0.1) is 0 Å². The zero-order chi connectivity index (χ0) is 19.6. The van der Waals surface area contributed by atoms with Crippen molar-refractivity contribution in [3.05, 3.63) is 53.4 Å². The molecule has 1 aromatic heterocycles. The number of nitrogens with one attached hydrogen (secondary N) is 1. The zero-order valence-corrected chi connectivity index (χ0v) is 18.8. The quantitative estimate of drug-likeness (QED) is 0.226. The van der Waals surface area contributed by atoms with E-state index in [1.165, 1.54) is 5.69 Å². The third kappa shape index (κ3) is 6.66. The second kappa shape index (κ2) is 11.1. The Balaban J connectivity index is 1.98. The number of halogens is 1. The first-order valence-electron chi connectivity index (χ1n) is 8.68. The number of hydrogen-bond acceptors (Lipinski definition) is 5. The summed E-state index contributed by atoms with van der Waals surface area (Å²) in [6, 6.07) is 8.59. The maximum absolute atomic E-state index is 10.6. The molecule has 0 aliphatic rings. The summed E-state index contributed by atoms with van der Waals surface area (Å²) >= 11 is 1.62. The average molecular weight is 498 g/mol. The molecule has 1 aromatic carbocycles. The number of nitrogens with zero attached hydrogens (tertiary/aromatic N) is 2. The summed E-state index contributed by atoms with van der Waals surface area (Å²) in [6.45, 7) is 5.78. The van der Waals surface area contributed by atoms with E-state index in [0.29, 0.717) is 6.54 Å². The van der Waals surface area contributed by atoms with Crippen LogP contribution in [0.5, 0.6) is 0 Å². The van der Waals surface area contributed by atoms with Gasteiger partial charge in [-0.2, -0.15) is 0 Å². The first-order chi connectivity index (χ1) is 13.1. The molecule has 0 spiro atoms. The van der Waals surface area contributed by atoms with E-state index in [9.17, 15) is 4.79 Å². The van der Waals surface area contributed by atoms with E-state index < -0.39 is 5.97 Å². The summed E-state index contributed by atoms with van der Waals surface area (Å²) in [7, 11) is 0. The second-order valence-electron chi connectivity index (χ2n) is 5.65. The van der Waals surface area contributed by atoms with Gasteiger partial charge in [0.05, 0.1) is 6.42 Å². The minimum absolute atomic E-state index is 0.0319. The normalized spacial score (nSPS) is 11.9. The number of carboxylic acid groups (broad SMARTS) is 1. The van der Waals surface area contributed by atoms with Crippen molar-refractivity contribution >= 4 is 28.1 Å². The fraction of sp³-hybridized carbons (Fsp3) is 0.300. The van der Waals surface area contributed by atoms with Crippen LogP contribution >= 0.6 is 11.3 Å². The number of thiazole rings is 1. The van der Waals surface area contributed by atoms with Crippen molar-refractivity contribution in [2.45, 2.75) is 20.3 Å². The monoisotopic (exact) mass is 498 g/mol. The summed E-state index contributed by atoms with van der Waals surface area (Å²) < 4.78 is 2.42. The van der Waals surface area contributed by atoms with Crippen LogP contribution in [0.15, 0.2) is 53.4 Å². The molecule has 5 nitrogen and oxygen atoms in total. The van der Waals surface area contributed by atoms with Crippen molar-refractivity contribution < 1.29 is 31.4 Å². The van der Waals surface area contributed by atoms with Gasteiger partial charge in [0.2, 0.25) is 0 Å². The summed E-state index contributed by atoms with van der Waals surface area (Å²) in [5.74, 6) is -0.826. The Morgan fingerprint density at radius 2 is 2.11 bits per heavy atom. The van der Waals surface area contributed by atoms with Gasteiger partial charge in [0.15, 0.2) is 0 Å². The number of rotatable bonds is 10. The zero-order valence-electron chi connectivity index (χ0n) is 15.8. The first kappa shape index (κ1) is 21.4. The van der Waals surface area contributed by atoms with E-state index in [-0.39, 0.29) is 27.9 Å². The standard InChI is InChI=1S/C20H25IN3O2S/c1-4-15(7-6-8-19(25)26)13-22-20-23-18(14-27-20)16-9-11-17(12-10-16)24(5-2)21-3/h4,6-7,9-12,14H,5,8,13H2,1-3H3,(H,22,23)(H,25,26)/q-1/b7-6-,15-4+. The molecule has 0 amide bonds. The van der Waals surface area contributed by atoms with Gasteiger partial charge >= 0.3 is 147 Å². The number of carbonyl (C=O) groups is 1. The molecule has 0 radical (unpaired) electrons. The van der Waals surface area contributed by atoms with Gasteiger partial charge in [-0.1, -0.05) is 6.08 Å². The average Bonchev–Trinajstić information content (AvgIpc) is 3.15. The van der Waals surface area contributed by atoms with Crippen LogP contribution in [0.3, 0.4) is 0 Å². The molecule has 0 aliphatic heterocycles. The summed E-state index contributed by atoms with van der Waals surface area (Å²) in [6.07, 6.45) is 5.50. The van der Waals surface area contributed by atoms with E-state index >= 15 is 0 Å². The fourth-order valence-electron chi connectivity index (χ4n) is 2.43. The molecule has 0 unspecified atom stereocenters. The van der Waals surface area contributed by atoms with Gasteiger partial charge < -0.3 is 5.11 Å². The van der Waals surface area contributed by atoms with Crippen LogP contribution in [0, 0.1) is 0 Å². The predicted octanol–water partition coefficient (Wildman–Crippen LogP) is 1.66. The predicted molar refractivity (Wildman–Crippen MR) is 110 cm³/mol. The molecule has 0 bridgehead atoms. The molecule has 2 N–H and O–H groups in total. The molecule has 0 aliphatic carbocycles. The number of aromatic nitrogens is 1. The van der Waals surface area contributed by atoms with E-state index in [1.807, 2.05) is 19.1 Å². The van der Waals surface area contributed by atoms with E-state index in [1.54, 1.807) is 17.4 Å². The third-order valence-corrected chi connectivity index (χ3v) is 7.07. The second-order valence-corrected chi connectivity index (χ2v) is 8.64. The van der Waals surface area contributed by atoms with E-state index in [2.05, 4.69) is 54.9 Å². The Hall–Kier alpha value is -1.87. The SMILES string of the molecule is C/C=C(\C=C/CC(=O)O)CNc1nc(-c2ccc(N(CC)[I-]C)cc2)cs1. The molecule has 2 rings (SSSR count). The van der Waals surface area contributed by atoms with E-state index in [4.69, 9.17) is 5.11 Å². The first-order valence-corrected chi connectivity index (χ1v) is 12.7. The molecule has 146 valence electrons. The number of carboxylic acids is 1. The molecule has 1 heterocycles. The molecular formula is C20H25IN3O2S-. The Kier molecular flexibility index (Phi) is 8.80. The Labute approximate surface area is 175 Å². The maximum atomic E-state index is 10.6. The summed E-state index contributed by atoms with van der Waals surface area (Å²) in [5.41, 5.74) is 4.38. The number of aliphatic carboxylic acids is 1. The van der Waals surface area contributed by atoms with E-state index in [0.717, 1.165) is 28.5 Å².